The summed E-state index contributed by atoms with van der Waals surface area (Å²) in [5.41, 5.74) is 7.46. The van der Waals surface area contributed by atoms with Gasteiger partial charge in [-0.15, -0.1) is 0 Å². The number of nitrogens with zero attached hydrogens (tertiary/aromatic N) is 2. The molecule has 1 amide bonds. The maximum Gasteiger partial charge on any atom is 0.240 e. The third kappa shape index (κ3) is 4.51. The van der Waals surface area contributed by atoms with Crippen molar-refractivity contribution >= 4 is 28.7 Å². The van der Waals surface area contributed by atoms with Crippen molar-refractivity contribution in [3.05, 3.63) is 30.1 Å². The molecule has 0 aliphatic rings. The predicted molar refractivity (Wildman–Crippen MR) is 102 cm³/mol. The molecule has 0 aliphatic carbocycles. The largest absolute Gasteiger partial charge is 0.348 e. The smallest absolute Gasteiger partial charge is 0.240 e. The Morgan fingerprint density at radius 1 is 1.42 bits per heavy atom. The van der Waals surface area contributed by atoms with E-state index in [2.05, 4.69) is 24.1 Å². The highest BCUT2D eigenvalue weighted by Crippen LogP contribution is 2.20. The topological polar surface area (TPSA) is 72.9 Å². The molecule has 1 atom stereocenters. The van der Waals surface area contributed by atoms with Crippen molar-refractivity contribution < 1.29 is 4.79 Å². The molecule has 2 aromatic rings. The zero-order chi connectivity index (χ0) is 17.7. The van der Waals surface area contributed by atoms with Crippen LogP contribution in [0.1, 0.15) is 33.0 Å². The van der Waals surface area contributed by atoms with Crippen molar-refractivity contribution in [2.75, 3.05) is 12.8 Å². The van der Waals surface area contributed by atoms with Crippen molar-refractivity contribution in [2.24, 2.45) is 11.7 Å². The van der Waals surface area contributed by atoms with Crippen LogP contribution in [0.5, 0.6) is 0 Å². The zero-order valence-corrected chi connectivity index (χ0v) is 15.8. The maximum absolute atomic E-state index is 12.6. The van der Waals surface area contributed by atoms with E-state index in [9.17, 15) is 4.79 Å². The zero-order valence-electron chi connectivity index (χ0n) is 15.0. The number of nitrogens with one attached hydrogen (secondary N) is 1. The number of imidazole rings is 1. The minimum Gasteiger partial charge on any atom is -0.348 e. The van der Waals surface area contributed by atoms with E-state index in [4.69, 9.17) is 5.73 Å². The molecule has 0 aliphatic heterocycles. The van der Waals surface area contributed by atoms with Gasteiger partial charge in [0.2, 0.25) is 5.91 Å². The van der Waals surface area contributed by atoms with Gasteiger partial charge in [-0.2, -0.15) is 11.8 Å². The van der Waals surface area contributed by atoms with E-state index in [1.54, 1.807) is 11.8 Å². The Morgan fingerprint density at radius 3 is 2.75 bits per heavy atom. The standard InChI is InChI=1S/C18H28N4OS/c1-13(2)9-18(3,12-19)21-17(23)10-22-15-8-6-5-7-14(15)20-16(22)11-24-4/h5-8,13H,9-12,19H2,1-4H3,(H,21,23). The van der Waals surface area contributed by atoms with E-state index < -0.39 is 0 Å². The molecule has 1 aromatic heterocycles. The highest BCUT2D eigenvalue weighted by atomic mass is 32.2. The van der Waals surface area contributed by atoms with Crippen molar-refractivity contribution in [1.29, 1.82) is 0 Å². The van der Waals surface area contributed by atoms with Gasteiger partial charge in [0.1, 0.15) is 12.4 Å². The molecule has 1 unspecified atom stereocenters. The second kappa shape index (κ2) is 8.03. The molecule has 0 spiro atoms. The number of hydrogen-bond donors (Lipinski definition) is 2. The first-order chi connectivity index (χ1) is 11.4. The predicted octanol–water partition coefficient (Wildman–Crippen LogP) is 2.78. The summed E-state index contributed by atoms with van der Waals surface area (Å²) < 4.78 is 2.01. The fraction of sp³-hybridized carbons (Fsp3) is 0.556. The van der Waals surface area contributed by atoms with Crippen molar-refractivity contribution in [3.63, 3.8) is 0 Å². The molecule has 0 fully saturated rings. The molecule has 0 saturated carbocycles. The number of para-hydroxylation sites is 2. The van der Waals surface area contributed by atoms with E-state index in [0.717, 1.165) is 29.0 Å². The number of carbonyl (C=O) groups excluding carboxylic acids is 1. The number of nitrogens with two attached hydrogens (primary N) is 1. The lowest BCUT2D eigenvalue weighted by Crippen LogP contribution is -2.53. The van der Waals surface area contributed by atoms with Crippen LogP contribution in [0.15, 0.2) is 24.3 Å². The van der Waals surface area contributed by atoms with Gasteiger partial charge in [-0.3, -0.25) is 4.79 Å². The third-order valence-corrected chi connectivity index (χ3v) is 4.61. The number of benzene rings is 1. The van der Waals surface area contributed by atoms with E-state index in [0.29, 0.717) is 12.5 Å². The van der Waals surface area contributed by atoms with Crippen LogP contribution in [0, 0.1) is 5.92 Å². The summed E-state index contributed by atoms with van der Waals surface area (Å²) in [5.74, 6) is 2.16. The van der Waals surface area contributed by atoms with E-state index in [1.807, 2.05) is 42.0 Å². The second-order valence-electron chi connectivity index (χ2n) is 6.95. The van der Waals surface area contributed by atoms with Gasteiger partial charge in [-0.25, -0.2) is 4.98 Å². The number of thioether (sulfide) groups is 1. The molecule has 0 bridgehead atoms. The van der Waals surface area contributed by atoms with E-state index >= 15 is 0 Å². The SMILES string of the molecule is CSCc1nc2ccccc2n1CC(=O)NC(C)(CN)CC(C)C. The summed E-state index contributed by atoms with van der Waals surface area (Å²) in [6.07, 6.45) is 2.90. The van der Waals surface area contributed by atoms with Gasteiger partial charge in [-0.1, -0.05) is 26.0 Å². The first kappa shape index (κ1) is 18.8. The summed E-state index contributed by atoms with van der Waals surface area (Å²) in [7, 11) is 0. The fourth-order valence-corrected chi connectivity index (χ4v) is 3.63. The highest BCUT2D eigenvalue weighted by molar-refractivity contribution is 7.97. The minimum atomic E-state index is -0.374. The number of fused-ring (bicyclic) bond motifs is 1. The lowest BCUT2D eigenvalue weighted by atomic mass is 9.91. The number of amides is 1. The number of hydrogen-bond acceptors (Lipinski definition) is 4. The summed E-state index contributed by atoms with van der Waals surface area (Å²) in [4.78, 5) is 17.3. The number of carbonyl (C=O) groups is 1. The first-order valence-electron chi connectivity index (χ1n) is 8.32. The van der Waals surface area contributed by atoms with Crippen molar-refractivity contribution in [3.8, 4) is 0 Å². The van der Waals surface area contributed by atoms with Crippen LogP contribution >= 0.6 is 11.8 Å². The minimum absolute atomic E-state index is 0.0193. The van der Waals surface area contributed by atoms with Gasteiger partial charge in [0.25, 0.3) is 0 Å². The molecule has 1 heterocycles. The van der Waals surface area contributed by atoms with Crippen LogP contribution in [0.2, 0.25) is 0 Å². The summed E-state index contributed by atoms with van der Waals surface area (Å²) in [6.45, 7) is 6.99. The molecule has 2 rings (SSSR count). The monoisotopic (exact) mass is 348 g/mol. The Morgan fingerprint density at radius 2 is 2.12 bits per heavy atom. The Hall–Kier alpha value is -1.53. The van der Waals surface area contributed by atoms with Gasteiger partial charge in [-0.05, 0) is 37.7 Å². The van der Waals surface area contributed by atoms with E-state index in [1.165, 1.54) is 0 Å². The Bertz CT molecular complexity index is 697. The van der Waals surface area contributed by atoms with Gasteiger partial charge in [0.05, 0.1) is 16.8 Å². The lowest BCUT2D eigenvalue weighted by molar-refractivity contribution is -0.123. The van der Waals surface area contributed by atoms with E-state index in [-0.39, 0.29) is 18.0 Å². The van der Waals surface area contributed by atoms with Crippen LogP contribution in [-0.4, -0.2) is 33.8 Å². The second-order valence-corrected chi connectivity index (χ2v) is 7.81. The molecule has 5 nitrogen and oxygen atoms in total. The Labute approximate surface area is 148 Å². The fourth-order valence-electron chi connectivity index (χ4n) is 3.15. The van der Waals surface area contributed by atoms with Gasteiger partial charge in [0, 0.05) is 12.1 Å². The quantitative estimate of drug-likeness (QED) is 0.769. The first-order valence-corrected chi connectivity index (χ1v) is 9.72. The summed E-state index contributed by atoms with van der Waals surface area (Å²) in [5, 5.41) is 3.13. The summed E-state index contributed by atoms with van der Waals surface area (Å²) >= 11 is 1.70. The number of aromatic nitrogens is 2. The Kier molecular flexibility index (Phi) is 6.29. The molecule has 0 radical (unpaired) electrons. The van der Waals surface area contributed by atoms with Crippen LogP contribution in [0.3, 0.4) is 0 Å². The maximum atomic E-state index is 12.6. The van der Waals surface area contributed by atoms with Crippen molar-refractivity contribution in [2.45, 2.75) is 45.0 Å². The summed E-state index contributed by atoms with van der Waals surface area (Å²) in [6, 6.07) is 7.94. The van der Waals surface area contributed by atoms with Crippen LogP contribution in [0.4, 0.5) is 0 Å². The highest BCUT2D eigenvalue weighted by Gasteiger charge is 2.26. The molecule has 0 saturated heterocycles. The molecule has 6 heteroatoms. The third-order valence-electron chi connectivity index (χ3n) is 4.06. The molecule has 24 heavy (non-hydrogen) atoms. The number of rotatable bonds is 8. The average molecular weight is 349 g/mol. The lowest BCUT2D eigenvalue weighted by Gasteiger charge is -2.31. The van der Waals surface area contributed by atoms with Crippen LogP contribution < -0.4 is 11.1 Å². The Balaban J connectivity index is 2.22. The molecule has 132 valence electrons. The molecule has 3 N–H and O–H groups in total. The molecule has 1 aromatic carbocycles. The molecular weight excluding hydrogens is 320 g/mol. The van der Waals surface area contributed by atoms with Gasteiger partial charge in [0.15, 0.2) is 0 Å². The van der Waals surface area contributed by atoms with Gasteiger partial charge >= 0.3 is 0 Å². The average Bonchev–Trinajstić information content (AvgIpc) is 2.84. The molecular formula is C18H28N4OS. The normalized spacial score (nSPS) is 14.1. The van der Waals surface area contributed by atoms with Crippen LogP contribution in [-0.2, 0) is 17.1 Å². The van der Waals surface area contributed by atoms with Crippen LogP contribution in [0.25, 0.3) is 11.0 Å². The van der Waals surface area contributed by atoms with Gasteiger partial charge < -0.3 is 15.6 Å². The van der Waals surface area contributed by atoms with Crippen molar-refractivity contribution in [1.82, 2.24) is 14.9 Å².